The van der Waals surface area contributed by atoms with Crippen LogP contribution in [0.5, 0.6) is 5.75 Å². The van der Waals surface area contributed by atoms with E-state index in [-0.39, 0.29) is 6.04 Å². The van der Waals surface area contributed by atoms with Crippen molar-refractivity contribution in [1.82, 2.24) is 0 Å². The molecule has 0 aliphatic carbocycles. The third kappa shape index (κ3) is 3.80. The second-order valence-electron chi connectivity index (χ2n) is 4.50. The number of rotatable bonds is 4. The Morgan fingerprint density at radius 3 is 2.40 bits per heavy atom. The molecule has 0 unspecified atom stereocenters. The quantitative estimate of drug-likeness (QED) is 0.831. The van der Waals surface area contributed by atoms with Crippen molar-refractivity contribution in [2.45, 2.75) is 19.6 Å². The first-order valence-electron chi connectivity index (χ1n) is 6.09. The average molecular weight is 331 g/mol. The molecular formula is C15H14Cl3NO. The number of hydrogen-bond acceptors (Lipinski definition) is 2. The molecule has 106 valence electrons. The van der Waals surface area contributed by atoms with Gasteiger partial charge in [0.1, 0.15) is 12.4 Å². The molecule has 0 aliphatic heterocycles. The molecule has 0 aromatic heterocycles. The van der Waals surface area contributed by atoms with E-state index in [1.54, 1.807) is 12.1 Å². The van der Waals surface area contributed by atoms with Crippen molar-refractivity contribution in [1.29, 1.82) is 0 Å². The molecule has 20 heavy (non-hydrogen) atoms. The monoisotopic (exact) mass is 329 g/mol. The van der Waals surface area contributed by atoms with E-state index in [2.05, 4.69) is 0 Å². The lowest BCUT2D eigenvalue weighted by Crippen LogP contribution is -2.05. The van der Waals surface area contributed by atoms with Gasteiger partial charge in [-0.05, 0) is 36.8 Å². The van der Waals surface area contributed by atoms with E-state index in [4.69, 9.17) is 45.3 Å². The summed E-state index contributed by atoms with van der Waals surface area (Å²) in [4.78, 5) is 0. The molecule has 2 rings (SSSR count). The first kappa shape index (κ1) is 15.5. The zero-order chi connectivity index (χ0) is 14.7. The van der Waals surface area contributed by atoms with E-state index in [0.717, 1.165) is 11.1 Å². The van der Waals surface area contributed by atoms with Crippen molar-refractivity contribution in [3.05, 3.63) is 62.6 Å². The van der Waals surface area contributed by atoms with Gasteiger partial charge >= 0.3 is 0 Å². The summed E-state index contributed by atoms with van der Waals surface area (Å²) in [5.41, 5.74) is 7.62. The molecule has 0 saturated heterocycles. The van der Waals surface area contributed by atoms with Crippen molar-refractivity contribution in [2.24, 2.45) is 5.73 Å². The van der Waals surface area contributed by atoms with Crippen molar-refractivity contribution in [2.75, 3.05) is 0 Å². The summed E-state index contributed by atoms with van der Waals surface area (Å²) >= 11 is 18.1. The first-order chi connectivity index (χ1) is 9.47. The molecule has 2 nitrogen and oxygen atoms in total. The molecule has 0 heterocycles. The fourth-order valence-electron chi connectivity index (χ4n) is 1.71. The summed E-state index contributed by atoms with van der Waals surface area (Å²) in [5, 5.41) is 1.70. The molecule has 0 spiro atoms. The minimum atomic E-state index is -0.0627. The van der Waals surface area contributed by atoms with Gasteiger partial charge in [-0.3, -0.25) is 0 Å². The van der Waals surface area contributed by atoms with Crippen molar-refractivity contribution in [3.8, 4) is 5.75 Å². The number of nitrogens with two attached hydrogens (primary N) is 1. The molecule has 0 bridgehead atoms. The van der Waals surface area contributed by atoms with E-state index >= 15 is 0 Å². The maximum absolute atomic E-state index is 6.17. The predicted octanol–water partition coefficient (Wildman–Crippen LogP) is 5.25. The molecule has 5 heteroatoms. The number of ether oxygens (including phenoxy) is 1. The van der Waals surface area contributed by atoms with Gasteiger partial charge in [0.15, 0.2) is 0 Å². The number of benzene rings is 2. The fraction of sp³-hybridized carbons (Fsp3) is 0.200. The largest absolute Gasteiger partial charge is 0.487 e. The Morgan fingerprint density at radius 1 is 1.05 bits per heavy atom. The highest BCUT2D eigenvalue weighted by atomic mass is 35.5. The molecular weight excluding hydrogens is 317 g/mol. The predicted molar refractivity (Wildman–Crippen MR) is 84.8 cm³/mol. The van der Waals surface area contributed by atoms with E-state index in [1.165, 1.54) is 0 Å². The van der Waals surface area contributed by atoms with Crippen LogP contribution in [-0.4, -0.2) is 0 Å². The summed E-state index contributed by atoms with van der Waals surface area (Å²) in [5.74, 6) is 0.599. The van der Waals surface area contributed by atoms with Crippen molar-refractivity contribution >= 4 is 34.8 Å². The van der Waals surface area contributed by atoms with Gasteiger partial charge in [-0.25, -0.2) is 0 Å². The van der Waals surface area contributed by atoms with Gasteiger partial charge in [-0.1, -0.05) is 46.9 Å². The topological polar surface area (TPSA) is 35.2 Å². The zero-order valence-electron chi connectivity index (χ0n) is 10.9. The van der Waals surface area contributed by atoms with Gasteiger partial charge in [0.2, 0.25) is 0 Å². The van der Waals surface area contributed by atoms with Gasteiger partial charge in [-0.2, -0.15) is 0 Å². The summed E-state index contributed by atoms with van der Waals surface area (Å²) in [6.07, 6.45) is 0. The van der Waals surface area contributed by atoms with Crippen LogP contribution in [0.2, 0.25) is 15.1 Å². The Balaban J connectivity index is 2.11. The molecule has 1 atom stereocenters. The highest BCUT2D eigenvalue weighted by molar-refractivity contribution is 6.35. The van der Waals surface area contributed by atoms with Crippen molar-refractivity contribution < 1.29 is 4.74 Å². The normalized spacial score (nSPS) is 12.2. The first-order valence-corrected chi connectivity index (χ1v) is 7.22. The Kier molecular flexibility index (Phi) is 5.17. The Labute approximate surface area is 133 Å². The van der Waals surface area contributed by atoms with Crippen LogP contribution in [-0.2, 0) is 6.61 Å². The summed E-state index contributed by atoms with van der Waals surface area (Å²) in [6, 6.07) is 10.7. The Morgan fingerprint density at radius 2 is 1.80 bits per heavy atom. The SMILES string of the molecule is C[C@H](N)c1ccc(OCc2ccc(Cl)cc2Cl)c(Cl)c1. The molecule has 2 aromatic carbocycles. The van der Waals surface area contributed by atoms with Crippen LogP contribution in [0.4, 0.5) is 0 Å². The van der Waals surface area contributed by atoms with Crippen LogP contribution in [0.15, 0.2) is 36.4 Å². The second kappa shape index (κ2) is 6.68. The van der Waals surface area contributed by atoms with Gasteiger partial charge < -0.3 is 10.5 Å². The molecule has 0 saturated carbocycles. The summed E-state index contributed by atoms with van der Waals surface area (Å²) < 4.78 is 5.68. The molecule has 2 N–H and O–H groups in total. The maximum atomic E-state index is 6.17. The lowest BCUT2D eigenvalue weighted by atomic mass is 10.1. The second-order valence-corrected chi connectivity index (χ2v) is 5.75. The molecule has 0 amide bonds. The minimum Gasteiger partial charge on any atom is -0.487 e. The maximum Gasteiger partial charge on any atom is 0.138 e. The van der Waals surface area contributed by atoms with Crippen LogP contribution in [0, 0.1) is 0 Å². The summed E-state index contributed by atoms with van der Waals surface area (Å²) in [6.45, 7) is 2.23. The van der Waals surface area contributed by atoms with Gasteiger partial charge in [-0.15, -0.1) is 0 Å². The van der Waals surface area contributed by atoms with Crippen LogP contribution in [0.1, 0.15) is 24.1 Å². The minimum absolute atomic E-state index is 0.0627. The third-order valence-corrected chi connectivity index (χ3v) is 3.76. The Hall–Kier alpha value is -0.930. The number of hydrogen-bond donors (Lipinski definition) is 1. The van der Waals surface area contributed by atoms with Gasteiger partial charge in [0, 0.05) is 21.7 Å². The van der Waals surface area contributed by atoms with E-state index in [1.807, 2.05) is 31.2 Å². The third-order valence-electron chi connectivity index (χ3n) is 2.88. The molecule has 0 aliphatic rings. The Bertz CT molecular complexity index is 614. The lowest BCUT2D eigenvalue weighted by Gasteiger charge is -2.12. The standard InChI is InChI=1S/C15H14Cl3NO/c1-9(19)10-3-5-15(14(18)6-10)20-8-11-2-4-12(16)7-13(11)17/h2-7,9H,8,19H2,1H3/t9-/m0/s1. The van der Waals surface area contributed by atoms with Gasteiger partial charge in [0.05, 0.1) is 5.02 Å². The van der Waals surface area contributed by atoms with Crippen molar-refractivity contribution in [3.63, 3.8) is 0 Å². The highest BCUT2D eigenvalue weighted by Gasteiger charge is 2.07. The average Bonchev–Trinajstić information content (AvgIpc) is 2.38. The van der Waals surface area contributed by atoms with Crippen LogP contribution in [0.25, 0.3) is 0 Å². The van der Waals surface area contributed by atoms with E-state index < -0.39 is 0 Å². The van der Waals surface area contributed by atoms with E-state index in [0.29, 0.717) is 27.4 Å². The smallest absolute Gasteiger partial charge is 0.138 e. The fourth-order valence-corrected chi connectivity index (χ4v) is 2.42. The zero-order valence-corrected chi connectivity index (χ0v) is 13.1. The summed E-state index contributed by atoms with van der Waals surface area (Å²) in [7, 11) is 0. The molecule has 2 aromatic rings. The van der Waals surface area contributed by atoms with Crippen LogP contribution in [0.3, 0.4) is 0 Å². The van der Waals surface area contributed by atoms with E-state index in [9.17, 15) is 0 Å². The number of halogens is 3. The van der Waals surface area contributed by atoms with Gasteiger partial charge in [0.25, 0.3) is 0 Å². The molecule has 0 fully saturated rings. The van der Waals surface area contributed by atoms with Crippen LogP contribution >= 0.6 is 34.8 Å². The van der Waals surface area contributed by atoms with Crippen LogP contribution < -0.4 is 10.5 Å². The lowest BCUT2D eigenvalue weighted by molar-refractivity contribution is 0.306. The highest BCUT2D eigenvalue weighted by Crippen LogP contribution is 2.29. The molecule has 0 radical (unpaired) electrons.